The third-order valence-electron chi connectivity index (χ3n) is 6.49. The molecule has 0 spiro atoms. The van der Waals surface area contributed by atoms with Crippen molar-refractivity contribution in [1.82, 2.24) is 10.0 Å². The van der Waals surface area contributed by atoms with Crippen LogP contribution in [0.15, 0.2) is 47.4 Å². The Hall–Kier alpha value is -2.45. The predicted octanol–water partition coefficient (Wildman–Crippen LogP) is 4.75. The molecule has 0 radical (unpaired) electrons. The minimum absolute atomic E-state index is 0.00142. The summed E-state index contributed by atoms with van der Waals surface area (Å²) in [5.41, 5.74) is 0. The summed E-state index contributed by atoms with van der Waals surface area (Å²) in [6.07, 6.45) is 11.8. The van der Waals surface area contributed by atoms with Gasteiger partial charge in [-0.2, -0.15) is 4.72 Å². The Kier molecular flexibility index (Phi) is 9.89. The molecule has 2 aromatic carbocycles. The lowest BCUT2D eigenvalue weighted by atomic mass is 9.97. The van der Waals surface area contributed by atoms with Crippen LogP contribution in [0.2, 0.25) is 0 Å². The van der Waals surface area contributed by atoms with E-state index in [0.29, 0.717) is 0 Å². The highest BCUT2D eigenvalue weighted by atomic mass is 32.2. The van der Waals surface area contributed by atoms with Crippen molar-refractivity contribution in [2.24, 2.45) is 0 Å². The molecular formula is C26H36N2O5S. The van der Waals surface area contributed by atoms with Gasteiger partial charge in [-0.15, -0.1) is 0 Å². The summed E-state index contributed by atoms with van der Waals surface area (Å²) in [6, 6.07) is 10.4. The number of fused-ring (bicyclic) bond motifs is 1. The van der Waals surface area contributed by atoms with Crippen molar-refractivity contribution >= 4 is 32.7 Å². The maximum Gasteiger partial charge on any atom is 0.322 e. The number of carbonyl (C=O) groups is 2. The number of carboxylic acids is 1. The first-order chi connectivity index (χ1) is 16.3. The summed E-state index contributed by atoms with van der Waals surface area (Å²) in [6.45, 7) is 0. The van der Waals surface area contributed by atoms with Crippen LogP contribution in [0.5, 0.6) is 0 Å². The van der Waals surface area contributed by atoms with Crippen LogP contribution in [0.3, 0.4) is 0 Å². The van der Waals surface area contributed by atoms with E-state index in [1.165, 1.54) is 44.2 Å². The third kappa shape index (κ3) is 8.09. The first-order valence-electron chi connectivity index (χ1n) is 12.4. The summed E-state index contributed by atoms with van der Waals surface area (Å²) in [7, 11) is -4.11. The van der Waals surface area contributed by atoms with Gasteiger partial charge in [0.2, 0.25) is 15.9 Å². The highest BCUT2D eigenvalue weighted by Crippen LogP contribution is 2.20. The minimum atomic E-state index is -4.11. The van der Waals surface area contributed by atoms with Crippen LogP contribution in [-0.4, -0.2) is 37.5 Å². The van der Waals surface area contributed by atoms with Gasteiger partial charge in [0, 0.05) is 6.04 Å². The minimum Gasteiger partial charge on any atom is -0.480 e. The van der Waals surface area contributed by atoms with Crippen molar-refractivity contribution in [3.05, 3.63) is 42.5 Å². The van der Waals surface area contributed by atoms with Gasteiger partial charge in [0.1, 0.15) is 6.04 Å². The fourth-order valence-corrected chi connectivity index (χ4v) is 5.77. The molecule has 34 heavy (non-hydrogen) atoms. The van der Waals surface area contributed by atoms with E-state index >= 15 is 0 Å². The molecular weight excluding hydrogens is 452 g/mol. The molecule has 0 unspecified atom stereocenters. The molecule has 0 aromatic heterocycles. The van der Waals surface area contributed by atoms with Crippen molar-refractivity contribution in [2.75, 3.05) is 0 Å². The number of sulfonamides is 1. The van der Waals surface area contributed by atoms with E-state index in [1.807, 2.05) is 12.1 Å². The number of carboxylic acid groups (broad SMARTS) is 1. The van der Waals surface area contributed by atoms with Gasteiger partial charge in [0.15, 0.2) is 0 Å². The van der Waals surface area contributed by atoms with E-state index in [-0.39, 0.29) is 10.9 Å². The molecule has 0 heterocycles. The molecule has 1 amide bonds. The fraction of sp³-hybridized carbons (Fsp3) is 0.538. The molecule has 1 aliphatic rings. The molecule has 1 saturated carbocycles. The number of amides is 1. The van der Waals surface area contributed by atoms with Gasteiger partial charge in [0.05, 0.1) is 11.3 Å². The normalized spacial score (nSPS) is 17.9. The molecule has 1 aliphatic carbocycles. The Labute approximate surface area is 202 Å². The van der Waals surface area contributed by atoms with Gasteiger partial charge in [-0.05, 0) is 35.7 Å². The summed E-state index contributed by atoms with van der Waals surface area (Å²) in [4.78, 5) is 24.5. The standard InChI is InChI=1S/C26H36N2O5S/c29-25(27-22-14-8-6-4-2-1-3-5-7-9-15-22)19-24(26(30)31)28-34(32,33)23-17-16-20-12-10-11-13-21(20)18-23/h10-13,16-18,22,24,28H,1-9,14-15,19H2,(H,27,29)(H,30,31)/t24-/m0/s1. The molecule has 186 valence electrons. The van der Waals surface area contributed by atoms with E-state index in [1.54, 1.807) is 18.2 Å². The van der Waals surface area contributed by atoms with Crippen LogP contribution in [0.1, 0.15) is 77.0 Å². The van der Waals surface area contributed by atoms with Gasteiger partial charge >= 0.3 is 5.97 Å². The zero-order valence-electron chi connectivity index (χ0n) is 19.7. The first-order valence-corrected chi connectivity index (χ1v) is 13.9. The molecule has 3 N–H and O–H groups in total. The van der Waals surface area contributed by atoms with Crippen LogP contribution in [0.4, 0.5) is 0 Å². The van der Waals surface area contributed by atoms with Gasteiger partial charge < -0.3 is 10.4 Å². The molecule has 3 rings (SSSR count). The van der Waals surface area contributed by atoms with Crippen molar-refractivity contribution in [3.63, 3.8) is 0 Å². The Morgan fingerprint density at radius 3 is 2.00 bits per heavy atom. The van der Waals surface area contributed by atoms with Crippen molar-refractivity contribution in [2.45, 2.75) is 94.0 Å². The fourth-order valence-electron chi connectivity index (χ4n) is 4.55. The van der Waals surface area contributed by atoms with Crippen LogP contribution in [0, 0.1) is 0 Å². The van der Waals surface area contributed by atoms with Gasteiger partial charge in [-0.25, -0.2) is 8.42 Å². The quantitative estimate of drug-likeness (QED) is 0.521. The zero-order valence-corrected chi connectivity index (χ0v) is 20.5. The Morgan fingerprint density at radius 1 is 0.853 bits per heavy atom. The lowest BCUT2D eigenvalue weighted by Gasteiger charge is -2.21. The van der Waals surface area contributed by atoms with E-state index in [4.69, 9.17) is 0 Å². The Balaban J connectivity index is 1.62. The number of hydrogen-bond donors (Lipinski definition) is 3. The van der Waals surface area contributed by atoms with Crippen molar-refractivity contribution in [1.29, 1.82) is 0 Å². The number of rotatable bonds is 7. The molecule has 7 nitrogen and oxygen atoms in total. The van der Waals surface area contributed by atoms with Crippen molar-refractivity contribution < 1.29 is 23.1 Å². The molecule has 1 atom stereocenters. The highest BCUT2D eigenvalue weighted by molar-refractivity contribution is 7.89. The number of benzene rings is 2. The van der Waals surface area contributed by atoms with Gasteiger partial charge in [0.25, 0.3) is 0 Å². The summed E-state index contributed by atoms with van der Waals surface area (Å²) >= 11 is 0. The third-order valence-corrected chi connectivity index (χ3v) is 7.96. The molecule has 0 bridgehead atoms. The number of carbonyl (C=O) groups excluding carboxylic acids is 1. The highest BCUT2D eigenvalue weighted by Gasteiger charge is 2.28. The molecule has 0 aliphatic heterocycles. The largest absolute Gasteiger partial charge is 0.480 e. The second-order valence-corrected chi connectivity index (χ2v) is 11.0. The second-order valence-electron chi connectivity index (χ2n) is 9.25. The summed E-state index contributed by atoms with van der Waals surface area (Å²) in [5.74, 6) is -1.82. The van der Waals surface area contributed by atoms with Crippen molar-refractivity contribution in [3.8, 4) is 0 Å². The Bertz CT molecular complexity index is 1060. The summed E-state index contributed by atoms with van der Waals surface area (Å²) < 4.78 is 28.0. The molecule has 1 fully saturated rings. The smallest absolute Gasteiger partial charge is 0.322 e. The Morgan fingerprint density at radius 2 is 1.41 bits per heavy atom. The monoisotopic (exact) mass is 488 g/mol. The van der Waals surface area contributed by atoms with Gasteiger partial charge in [-0.1, -0.05) is 88.1 Å². The average Bonchev–Trinajstić information content (AvgIpc) is 2.80. The maximum atomic E-state index is 12.9. The van der Waals surface area contributed by atoms with Crippen LogP contribution >= 0.6 is 0 Å². The topological polar surface area (TPSA) is 113 Å². The lowest BCUT2D eigenvalue weighted by molar-refractivity contribution is -0.141. The number of hydrogen-bond acceptors (Lipinski definition) is 4. The van der Waals surface area contributed by atoms with Gasteiger partial charge in [-0.3, -0.25) is 9.59 Å². The zero-order chi connectivity index (χ0) is 24.4. The second kappa shape index (κ2) is 12.9. The SMILES string of the molecule is O=C(C[C@H](NS(=O)(=O)c1ccc2ccccc2c1)C(=O)O)NC1CCCCCCCCCCC1. The van der Waals surface area contributed by atoms with Crippen LogP contribution < -0.4 is 10.0 Å². The lowest BCUT2D eigenvalue weighted by Crippen LogP contribution is -2.45. The van der Waals surface area contributed by atoms with E-state index in [9.17, 15) is 23.1 Å². The van der Waals surface area contributed by atoms with E-state index in [2.05, 4.69) is 10.0 Å². The maximum absolute atomic E-state index is 12.9. The van der Waals surface area contributed by atoms with Crippen LogP contribution in [-0.2, 0) is 19.6 Å². The molecule has 2 aromatic rings. The molecule has 0 saturated heterocycles. The summed E-state index contributed by atoms with van der Waals surface area (Å²) in [5, 5.41) is 14.2. The molecule has 8 heteroatoms. The average molecular weight is 489 g/mol. The van der Waals surface area contributed by atoms with E-state index in [0.717, 1.165) is 49.3 Å². The van der Waals surface area contributed by atoms with E-state index < -0.39 is 34.4 Å². The first kappa shape index (κ1) is 26.2. The number of nitrogens with one attached hydrogen (secondary N) is 2. The van der Waals surface area contributed by atoms with Crippen LogP contribution in [0.25, 0.3) is 10.8 Å². The number of aliphatic carboxylic acids is 1. The predicted molar refractivity (Wildman–Crippen MR) is 133 cm³/mol.